The van der Waals surface area contributed by atoms with Gasteiger partial charge in [0.25, 0.3) is 0 Å². The average molecular weight is 215 g/mol. The molecule has 14 heavy (non-hydrogen) atoms. The Balaban J connectivity index is 3.15. The molecule has 0 aliphatic carbocycles. The van der Waals surface area contributed by atoms with E-state index >= 15 is 0 Å². The van der Waals surface area contributed by atoms with Gasteiger partial charge in [-0.05, 0) is 12.5 Å². The van der Waals surface area contributed by atoms with Crippen LogP contribution in [0.1, 0.15) is 20.1 Å². The molecule has 1 rings (SSSR count). The van der Waals surface area contributed by atoms with Crippen LogP contribution in [-0.2, 0) is 11.2 Å². The van der Waals surface area contributed by atoms with E-state index in [1.165, 1.54) is 0 Å². The molecule has 0 atom stereocenters. The Morgan fingerprint density at radius 2 is 2.00 bits per heavy atom. The third kappa shape index (κ3) is 1.85. The summed E-state index contributed by atoms with van der Waals surface area (Å²) in [5, 5.41) is 17.3. The molecule has 6 heteroatoms. The average Bonchev–Trinajstić information content (AvgIpc) is 2.32. The van der Waals surface area contributed by atoms with E-state index in [0.717, 1.165) is 11.3 Å². The van der Waals surface area contributed by atoms with Gasteiger partial charge in [-0.3, -0.25) is 4.79 Å². The van der Waals surface area contributed by atoms with Crippen LogP contribution in [0.3, 0.4) is 0 Å². The van der Waals surface area contributed by atoms with Gasteiger partial charge in [-0.1, -0.05) is 0 Å². The fourth-order valence-corrected chi connectivity index (χ4v) is 2.10. The first-order chi connectivity index (χ1) is 6.43. The minimum Gasteiger partial charge on any atom is -0.481 e. The standard InChI is InChI=1S/C8H9NO4S/c1-3-4(2-5(10)11)14-7(6(3)9)8(12)13/h2,9H2,1H3,(H,10,11)(H,12,13). The molecule has 1 aromatic heterocycles. The Hall–Kier alpha value is -1.56. The van der Waals surface area contributed by atoms with Gasteiger partial charge >= 0.3 is 11.9 Å². The lowest BCUT2D eigenvalue weighted by molar-refractivity contribution is -0.136. The lowest BCUT2D eigenvalue weighted by Crippen LogP contribution is -2.00. The van der Waals surface area contributed by atoms with Gasteiger partial charge in [-0.15, -0.1) is 11.3 Å². The molecule has 1 aromatic rings. The topological polar surface area (TPSA) is 101 Å². The van der Waals surface area contributed by atoms with Gasteiger partial charge in [0.1, 0.15) is 4.88 Å². The van der Waals surface area contributed by atoms with E-state index in [0.29, 0.717) is 10.4 Å². The van der Waals surface area contributed by atoms with Crippen molar-refractivity contribution >= 4 is 29.0 Å². The van der Waals surface area contributed by atoms with Crippen LogP contribution in [0.5, 0.6) is 0 Å². The molecule has 0 amide bonds. The molecule has 0 bridgehead atoms. The second kappa shape index (κ2) is 3.67. The SMILES string of the molecule is Cc1c(CC(=O)O)sc(C(=O)O)c1N. The van der Waals surface area contributed by atoms with Crippen LogP contribution in [0.15, 0.2) is 0 Å². The Bertz CT molecular complexity index is 396. The quantitative estimate of drug-likeness (QED) is 0.697. The number of nitrogens with two attached hydrogens (primary N) is 1. The van der Waals surface area contributed by atoms with Gasteiger partial charge < -0.3 is 15.9 Å². The van der Waals surface area contributed by atoms with Crippen molar-refractivity contribution in [1.82, 2.24) is 0 Å². The smallest absolute Gasteiger partial charge is 0.348 e. The van der Waals surface area contributed by atoms with Crippen LogP contribution in [-0.4, -0.2) is 22.2 Å². The number of anilines is 1. The minimum atomic E-state index is -1.12. The van der Waals surface area contributed by atoms with Gasteiger partial charge in [-0.25, -0.2) is 4.79 Å². The zero-order valence-corrected chi connectivity index (χ0v) is 8.22. The number of carboxylic acid groups (broad SMARTS) is 2. The minimum absolute atomic E-state index is 0.0127. The summed E-state index contributed by atoms with van der Waals surface area (Å²) in [5.74, 6) is -2.11. The Morgan fingerprint density at radius 1 is 1.43 bits per heavy atom. The summed E-state index contributed by atoms with van der Waals surface area (Å²) in [4.78, 5) is 21.6. The van der Waals surface area contributed by atoms with Crippen molar-refractivity contribution in [2.45, 2.75) is 13.3 Å². The van der Waals surface area contributed by atoms with Crippen LogP contribution in [0, 0.1) is 6.92 Å². The fraction of sp³-hybridized carbons (Fsp3) is 0.250. The zero-order chi connectivity index (χ0) is 10.9. The maximum atomic E-state index is 10.7. The zero-order valence-electron chi connectivity index (χ0n) is 7.40. The highest BCUT2D eigenvalue weighted by Gasteiger charge is 2.18. The fourth-order valence-electron chi connectivity index (χ4n) is 1.04. The monoisotopic (exact) mass is 215 g/mol. The summed E-state index contributed by atoms with van der Waals surface area (Å²) in [6.07, 6.45) is -0.187. The van der Waals surface area contributed by atoms with E-state index in [1.807, 2.05) is 0 Å². The highest BCUT2D eigenvalue weighted by molar-refractivity contribution is 7.14. The van der Waals surface area contributed by atoms with E-state index in [-0.39, 0.29) is 17.0 Å². The summed E-state index contributed by atoms with van der Waals surface area (Å²) in [6.45, 7) is 1.62. The van der Waals surface area contributed by atoms with Crippen LogP contribution in [0.4, 0.5) is 5.69 Å². The number of aliphatic carboxylic acids is 1. The predicted octanol–water partition coefficient (Wildman–Crippen LogP) is 0.964. The second-order valence-electron chi connectivity index (χ2n) is 2.77. The van der Waals surface area contributed by atoms with Crippen LogP contribution < -0.4 is 5.73 Å². The van der Waals surface area contributed by atoms with E-state index < -0.39 is 11.9 Å². The number of carbonyl (C=O) groups is 2. The van der Waals surface area contributed by atoms with Crippen LogP contribution >= 0.6 is 11.3 Å². The lowest BCUT2D eigenvalue weighted by Gasteiger charge is -1.94. The molecule has 5 nitrogen and oxygen atoms in total. The number of rotatable bonds is 3. The number of carboxylic acids is 2. The van der Waals surface area contributed by atoms with Gasteiger partial charge in [0.2, 0.25) is 0 Å². The first kappa shape index (κ1) is 10.5. The van der Waals surface area contributed by atoms with E-state index in [1.54, 1.807) is 6.92 Å². The van der Waals surface area contributed by atoms with Crippen molar-refractivity contribution in [2.75, 3.05) is 5.73 Å². The van der Waals surface area contributed by atoms with Crippen LogP contribution in [0.2, 0.25) is 0 Å². The molecule has 0 aliphatic heterocycles. The maximum absolute atomic E-state index is 10.7. The molecule has 4 N–H and O–H groups in total. The second-order valence-corrected chi connectivity index (χ2v) is 3.87. The number of hydrogen-bond acceptors (Lipinski definition) is 4. The molecule has 0 radical (unpaired) electrons. The van der Waals surface area contributed by atoms with Gasteiger partial charge in [0, 0.05) is 4.88 Å². The number of aromatic carboxylic acids is 1. The molecule has 0 aliphatic rings. The highest BCUT2D eigenvalue weighted by atomic mass is 32.1. The summed E-state index contributed by atoms with van der Waals surface area (Å²) >= 11 is 0.917. The van der Waals surface area contributed by atoms with Crippen molar-refractivity contribution in [1.29, 1.82) is 0 Å². The summed E-state index contributed by atoms with van der Waals surface area (Å²) in [6, 6.07) is 0. The molecule has 76 valence electrons. The van der Waals surface area contributed by atoms with Crippen molar-refractivity contribution in [3.63, 3.8) is 0 Å². The third-order valence-electron chi connectivity index (χ3n) is 1.80. The summed E-state index contributed by atoms with van der Waals surface area (Å²) < 4.78 is 0. The van der Waals surface area contributed by atoms with Crippen molar-refractivity contribution in [3.8, 4) is 0 Å². The molecular weight excluding hydrogens is 206 g/mol. The molecule has 0 saturated heterocycles. The number of hydrogen-bond donors (Lipinski definition) is 3. The normalized spacial score (nSPS) is 10.1. The Morgan fingerprint density at radius 3 is 2.36 bits per heavy atom. The lowest BCUT2D eigenvalue weighted by atomic mass is 10.2. The molecule has 1 heterocycles. The largest absolute Gasteiger partial charge is 0.481 e. The summed E-state index contributed by atoms with van der Waals surface area (Å²) in [7, 11) is 0. The molecule has 0 fully saturated rings. The van der Waals surface area contributed by atoms with Crippen LogP contribution in [0.25, 0.3) is 0 Å². The molecule has 0 spiro atoms. The van der Waals surface area contributed by atoms with Gasteiger partial charge in [0.15, 0.2) is 0 Å². The van der Waals surface area contributed by atoms with E-state index in [4.69, 9.17) is 15.9 Å². The molecule has 0 saturated carbocycles. The van der Waals surface area contributed by atoms with Crippen molar-refractivity contribution < 1.29 is 19.8 Å². The summed E-state index contributed by atoms with van der Waals surface area (Å²) in [5.41, 5.74) is 6.23. The van der Waals surface area contributed by atoms with Crippen molar-refractivity contribution in [3.05, 3.63) is 15.3 Å². The number of nitrogen functional groups attached to an aromatic ring is 1. The molecular formula is C8H9NO4S. The highest BCUT2D eigenvalue weighted by Crippen LogP contribution is 2.30. The van der Waals surface area contributed by atoms with Crippen molar-refractivity contribution in [2.24, 2.45) is 0 Å². The maximum Gasteiger partial charge on any atom is 0.348 e. The number of thiophene rings is 1. The van der Waals surface area contributed by atoms with Gasteiger partial charge in [-0.2, -0.15) is 0 Å². The Kier molecular flexibility index (Phi) is 2.76. The third-order valence-corrected chi connectivity index (χ3v) is 3.09. The first-order valence-corrected chi connectivity index (χ1v) is 4.58. The Labute approximate surface area is 83.8 Å². The van der Waals surface area contributed by atoms with E-state index in [2.05, 4.69) is 0 Å². The predicted molar refractivity (Wildman–Crippen MR) is 51.8 cm³/mol. The molecule has 0 unspecified atom stereocenters. The van der Waals surface area contributed by atoms with Gasteiger partial charge in [0.05, 0.1) is 12.1 Å². The molecule has 0 aromatic carbocycles. The first-order valence-electron chi connectivity index (χ1n) is 3.76. The van der Waals surface area contributed by atoms with E-state index in [9.17, 15) is 9.59 Å².